The van der Waals surface area contributed by atoms with Crippen molar-refractivity contribution in [3.05, 3.63) is 30.1 Å². The summed E-state index contributed by atoms with van der Waals surface area (Å²) in [4.78, 5) is 11.3. The molecule has 1 aromatic carbocycles. The molecule has 0 atom stereocenters. The zero-order chi connectivity index (χ0) is 12.0. The number of nitrogens with one attached hydrogen (secondary N) is 1. The van der Waals surface area contributed by atoms with Gasteiger partial charge in [-0.25, -0.2) is 4.39 Å². The molecule has 88 valence electrons. The minimum Gasteiger partial charge on any atom is -0.481 e. The molecule has 16 heavy (non-hydrogen) atoms. The number of halogens is 1. The van der Waals surface area contributed by atoms with Crippen molar-refractivity contribution >= 4 is 5.91 Å². The SMILES string of the molecule is CC(C)CNC(=O)COc1ccccc1F. The van der Waals surface area contributed by atoms with Gasteiger partial charge in [0.15, 0.2) is 18.2 Å². The molecule has 1 amide bonds. The number of hydrogen-bond donors (Lipinski definition) is 1. The van der Waals surface area contributed by atoms with Crippen LogP contribution in [-0.4, -0.2) is 19.1 Å². The third-order valence-corrected chi connectivity index (χ3v) is 1.90. The summed E-state index contributed by atoms with van der Waals surface area (Å²) in [6.45, 7) is 4.43. The first kappa shape index (κ1) is 12.5. The molecule has 3 nitrogen and oxygen atoms in total. The van der Waals surface area contributed by atoms with Crippen LogP contribution in [0.4, 0.5) is 4.39 Å². The van der Waals surface area contributed by atoms with Gasteiger partial charge in [0, 0.05) is 6.54 Å². The molecule has 0 heterocycles. The summed E-state index contributed by atoms with van der Waals surface area (Å²) in [7, 11) is 0. The maximum Gasteiger partial charge on any atom is 0.257 e. The molecule has 0 fully saturated rings. The van der Waals surface area contributed by atoms with Gasteiger partial charge in [-0.3, -0.25) is 4.79 Å². The van der Waals surface area contributed by atoms with Gasteiger partial charge < -0.3 is 10.1 Å². The maximum atomic E-state index is 13.1. The van der Waals surface area contributed by atoms with E-state index in [0.717, 1.165) is 0 Å². The van der Waals surface area contributed by atoms with E-state index < -0.39 is 5.82 Å². The highest BCUT2D eigenvalue weighted by molar-refractivity contribution is 5.77. The maximum absolute atomic E-state index is 13.1. The minimum atomic E-state index is -0.459. The van der Waals surface area contributed by atoms with Crippen molar-refractivity contribution in [3.63, 3.8) is 0 Å². The molecule has 0 unspecified atom stereocenters. The second kappa shape index (κ2) is 6.10. The number of rotatable bonds is 5. The average Bonchev–Trinajstić information content (AvgIpc) is 2.25. The summed E-state index contributed by atoms with van der Waals surface area (Å²) in [5.74, 6) is -0.212. The Kier molecular flexibility index (Phi) is 4.76. The molecule has 0 aliphatic carbocycles. The van der Waals surface area contributed by atoms with Gasteiger partial charge in [-0.1, -0.05) is 26.0 Å². The molecule has 1 N–H and O–H groups in total. The number of benzene rings is 1. The molecule has 0 aliphatic rings. The molecular weight excluding hydrogens is 209 g/mol. The predicted octanol–water partition coefficient (Wildman–Crippen LogP) is 1.98. The van der Waals surface area contributed by atoms with Gasteiger partial charge in [-0.2, -0.15) is 0 Å². The van der Waals surface area contributed by atoms with E-state index in [-0.39, 0.29) is 18.3 Å². The van der Waals surface area contributed by atoms with E-state index in [0.29, 0.717) is 12.5 Å². The van der Waals surface area contributed by atoms with Crippen molar-refractivity contribution in [1.82, 2.24) is 5.32 Å². The Bertz CT molecular complexity index is 353. The second-order valence-electron chi connectivity index (χ2n) is 3.92. The predicted molar refractivity (Wildman–Crippen MR) is 59.7 cm³/mol. The lowest BCUT2D eigenvalue weighted by atomic mass is 10.2. The van der Waals surface area contributed by atoms with E-state index in [9.17, 15) is 9.18 Å². The molecule has 1 aromatic rings. The number of carbonyl (C=O) groups is 1. The van der Waals surface area contributed by atoms with Crippen LogP contribution in [0.25, 0.3) is 0 Å². The molecule has 0 spiro atoms. The van der Waals surface area contributed by atoms with Crippen molar-refractivity contribution in [2.45, 2.75) is 13.8 Å². The largest absolute Gasteiger partial charge is 0.481 e. The van der Waals surface area contributed by atoms with Gasteiger partial charge in [-0.05, 0) is 18.1 Å². The quantitative estimate of drug-likeness (QED) is 0.832. The van der Waals surface area contributed by atoms with E-state index >= 15 is 0 Å². The summed E-state index contributed by atoms with van der Waals surface area (Å²) in [6.07, 6.45) is 0. The van der Waals surface area contributed by atoms with Gasteiger partial charge in [0.2, 0.25) is 0 Å². The lowest BCUT2D eigenvalue weighted by molar-refractivity contribution is -0.123. The van der Waals surface area contributed by atoms with Crippen LogP contribution in [0.15, 0.2) is 24.3 Å². The highest BCUT2D eigenvalue weighted by atomic mass is 19.1. The monoisotopic (exact) mass is 225 g/mol. The van der Waals surface area contributed by atoms with Crippen LogP contribution in [0.5, 0.6) is 5.75 Å². The number of ether oxygens (including phenoxy) is 1. The van der Waals surface area contributed by atoms with Gasteiger partial charge in [0.25, 0.3) is 5.91 Å². The summed E-state index contributed by atoms with van der Waals surface area (Å²) in [5, 5.41) is 2.69. The first-order chi connectivity index (χ1) is 7.59. The van der Waals surface area contributed by atoms with Crippen molar-refractivity contribution < 1.29 is 13.9 Å². The first-order valence-electron chi connectivity index (χ1n) is 5.23. The van der Waals surface area contributed by atoms with E-state index in [1.807, 2.05) is 13.8 Å². The molecule has 4 heteroatoms. The topological polar surface area (TPSA) is 38.3 Å². The fraction of sp³-hybridized carbons (Fsp3) is 0.417. The zero-order valence-corrected chi connectivity index (χ0v) is 9.50. The molecule has 0 radical (unpaired) electrons. The van der Waals surface area contributed by atoms with E-state index in [1.54, 1.807) is 12.1 Å². The van der Waals surface area contributed by atoms with Crippen LogP contribution < -0.4 is 10.1 Å². The number of hydrogen-bond acceptors (Lipinski definition) is 2. The fourth-order valence-corrected chi connectivity index (χ4v) is 1.07. The average molecular weight is 225 g/mol. The smallest absolute Gasteiger partial charge is 0.257 e. The Labute approximate surface area is 94.6 Å². The van der Waals surface area contributed by atoms with Gasteiger partial charge >= 0.3 is 0 Å². The number of amides is 1. The van der Waals surface area contributed by atoms with E-state index in [2.05, 4.69) is 5.32 Å². The van der Waals surface area contributed by atoms with Crippen LogP contribution in [-0.2, 0) is 4.79 Å². The van der Waals surface area contributed by atoms with Gasteiger partial charge in [-0.15, -0.1) is 0 Å². The Hall–Kier alpha value is -1.58. The summed E-state index contributed by atoms with van der Waals surface area (Å²) >= 11 is 0. The van der Waals surface area contributed by atoms with Crippen molar-refractivity contribution in [3.8, 4) is 5.75 Å². The molecule has 0 aliphatic heterocycles. The van der Waals surface area contributed by atoms with Crippen LogP contribution >= 0.6 is 0 Å². The standard InChI is InChI=1S/C12H16FNO2/c1-9(2)7-14-12(15)8-16-11-6-4-3-5-10(11)13/h3-6,9H,7-8H2,1-2H3,(H,14,15). The van der Waals surface area contributed by atoms with Crippen LogP contribution in [0, 0.1) is 11.7 Å². The van der Waals surface area contributed by atoms with Crippen LogP contribution in [0.1, 0.15) is 13.8 Å². The molecule has 0 saturated heterocycles. The minimum absolute atomic E-state index is 0.0993. The van der Waals surface area contributed by atoms with Gasteiger partial charge in [0.1, 0.15) is 0 Å². The highest BCUT2D eigenvalue weighted by Gasteiger charge is 2.06. The molecule has 0 saturated carbocycles. The Balaban J connectivity index is 2.35. The van der Waals surface area contributed by atoms with Crippen molar-refractivity contribution in [2.75, 3.05) is 13.2 Å². The fourth-order valence-electron chi connectivity index (χ4n) is 1.07. The highest BCUT2D eigenvalue weighted by Crippen LogP contribution is 2.14. The summed E-state index contributed by atoms with van der Waals surface area (Å²) in [6, 6.07) is 6.01. The molecule has 0 aromatic heterocycles. The lowest BCUT2D eigenvalue weighted by Gasteiger charge is -2.09. The Morgan fingerprint density at radius 3 is 2.75 bits per heavy atom. The van der Waals surface area contributed by atoms with Crippen LogP contribution in [0.3, 0.4) is 0 Å². The Morgan fingerprint density at radius 1 is 1.44 bits per heavy atom. The number of carbonyl (C=O) groups excluding carboxylic acids is 1. The van der Waals surface area contributed by atoms with E-state index in [1.165, 1.54) is 12.1 Å². The van der Waals surface area contributed by atoms with Crippen LogP contribution in [0.2, 0.25) is 0 Å². The summed E-state index contributed by atoms with van der Waals surface area (Å²) in [5.41, 5.74) is 0. The third kappa shape index (κ3) is 4.29. The third-order valence-electron chi connectivity index (χ3n) is 1.90. The molecular formula is C12H16FNO2. The Morgan fingerprint density at radius 2 is 2.12 bits per heavy atom. The normalized spacial score (nSPS) is 10.2. The zero-order valence-electron chi connectivity index (χ0n) is 9.50. The first-order valence-corrected chi connectivity index (χ1v) is 5.23. The van der Waals surface area contributed by atoms with Crippen molar-refractivity contribution in [2.24, 2.45) is 5.92 Å². The number of para-hydroxylation sites is 1. The lowest BCUT2D eigenvalue weighted by Crippen LogP contribution is -2.31. The molecule has 0 bridgehead atoms. The molecule has 1 rings (SSSR count). The van der Waals surface area contributed by atoms with E-state index in [4.69, 9.17) is 4.74 Å². The second-order valence-corrected chi connectivity index (χ2v) is 3.92. The van der Waals surface area contributed by atoms with Gasteiger partial charge in [0.05, 0.1) is 0 Å². The van der Waals surface area contributed by atoms with Crippen molar-refractivity contribution in [1.29, 1.82) is 0 Å². The summed E-state index contributed by atoms with van der Waals surface area (Å²) < 4.78 is 18.1.